The fourth-order valence-electron chi connectivity index (χ4n) is 5.97. The van der Waals surface area contributed by atoms with Gasteiger partial charge in [-0.15, -0.1) is 0 Å². The van der Waals surface area contributed by atoms with Gasteiger partial charge < -0.3 is 10.1 Å². The average Bonchev–Trinajstić information content (AvgIpc) is 3.41. The number of aromatic nitrogens is 2. The Morgan fingerprint density at radius 3 is 2.48 bits per heavy atom. The van der Waals surface area contributed by atoms with Gasteiger partial charge in [0, 0.05) is 37.6 Å². The molecule has 2 fully saturated rings. The third kappa shape index (κ3) is 6.37. The van der Waals surface area contributed by atoms with E-state index in [0.717, 1.165) is 69.1 Å². The summed E-state index contributed by atoms with van der Waals surface area (Å²) in [6, 6.07) is 23.0. The third-order valence-electron chi connectivity index (χ3n) is 8.54. The molecule has 208 valence electrons. The van der Waals surface area contributed by atoms with Crippen LogP contribution in [0.3, 0.4) is 0 Å². The highest BCUT2D eigenvalue weighted by molar-refractivity contribution is 5.92. The van der Waals surface area contributed by atoms with E-state index in [0.29, 0.717) is 6.04 Å². The van der Waals surface area contributed by atoms with E-state index in [1.54, 1.807) is 0 Å². The summed E-state index contributed by atoms with van der Waals surface area (Å²) in [6.45, 7) is 10.2. The van der Waals surface area contributed by atoms with Gasteiger partial charge in [0.1, 0.15) is 0 Å². The summed E-state index contributed by atoms with van der Waals surface area (Å²) in [6.07, 6.45) is 6.73. The van der Waals surface area contributed by atoms with E-state index in [1.807, 2.05) is 0 Å². The molecule has 0 unspecified atom stereocenters. The zero-order valence-electron chi connectivity index (χ0n) is 23.8. The summed E-state index contributed by atoms with van der Waals surface area (Å²) < 4.78 is 5.47. The Hall–Kier alpha value is -3.29. The summed E-state index contributed by atoms with van der Waals surface area (Å²) in [4.78, 5) is 4.97. The first-order chi connectivity index (χ1) is 19.6. The van der Waals surface area contributed by atoms with Gasteiger partial charge in [-0.2, -0.15) is 5.10 Å². The van der Waals surface area contributed by atoms with Crippen LogP contribution < -0.4 is 5.32 Å². The number of morpholine rings is 1. The molecule has 4 aromatic rings. The molecule has 40 heavy (non-hydrogen) atoms. The van der Waals surface area contributed by atoms with Crippen LogP contribution in [0.15, 0.2) is 60.7 Å². The number of aromatic amines is 1. The second kappa shape index (κ2) is 12.5. The number of nitrogens with zero attached hydrogens (tertiary/aromatic N) is 3. The Morgan fingerprint density at radius 1 is 0.950 bits per heavy atom. The lowest BCUT2D eigenvalue weighted by Gasteiger charge is -2.32. The van der Waals surface area contributed by atoms with Crippen molar-refractivity contribution in [3.8, 4) is 11.1 Å². The van der Waals surface area contributed by atoms with Gasteiger partial charge in [-0.25, -0.2) is 0 Å². The van der Waals surface area contributed by atoms with Crippen LogP contribution >= 0.6 is 0 Å². The van der Waals surface area contributed by atoms with Crippen molar-refractivity contribution in [3.63, 3.8) is 0 Å². The topological polar surface area (TPSA) is 56.4 Å². The van der Waals surface area contributed by atoms with Gasteiger partial charge in [0.25, 0.3) is 0 Å². The second-order valence-electron chi connectivity index (χ2n) is 11.4. The molecule has 3 aromatic carbocycles. The van der Waals surface area contributed by atoms with Crippen LogP contribution in [0.25, 0.3) is 34.2 Å². The van der Waals surface area contributed by atoms with Gasteiger partial charge >= 0.3 is 0 Å². The highest BCUT2D eigenvalue weighted by Gasteiger charge is 2.18. The fraction of sp³-hybridized carbons (Fsp3) is 0.382. The zero-order chi connectivity index (χ0) is 27.3. The van der Waals surface area contributed by atoms with Crippen LogP contribution in [0.1, 0.15) is 40.8 Å². The van der Waals surface area contributed by atoms with Gasteiger partial charge in [0.05, 0.1) is 24.4 Å². The maximum Gasteiger partial charge on any atom is 0.0927 e. The molecule has 0 amide bonds. The number of hydrogen-bond acceptors (Lipinski definition) is 5. The van der Waals surface area contributed by atoms with Crippen molar-refractivity contribution >= 4 is 23.1 Å². The first-order valence-corrected chi connectivity index (χ1v) is 14.7. The first-order valence-electron chi connectivity index (χ1n) is 14.7. The third-order valence-corrected chi connectivity index (χ3v) is 8.54. The monoisotopic (exact) mass is 535 g/mol. The van der Waals surface area contributed by atoms with Crippen molar-refractivity contribution < 1.29 is 4.74 Å². The predicted molar refractivity (Wildman–Crippen MR) is 165 cm³/mol. The molecule has 1 aromatic heterocycles. The molecule has 0 spiro atoms. The van der Waals surface area contributed by atoms with Crippen molar-refractivity contribution in [3.05, 3.63) is 88.6 Å². The Kier molecular flexibility index (Phi) is 8.40. The molecule has 6 heteroatoms. The summed E-state index contributed by atoms with van der Waals surface area (Å²) in [5.41, 5.74) is 9.77. The number of ether oxygens (including phenoxy) is 1. The summed E-state index contributed by atoms with van der Waals surface area (Å²) in [5, 5.41) is 12.4. The lowest BCUT2D eigenvalue weighted by Crippen LogP contribution is -2.40. The van der Waals surface area contributed by atoms with Gasteiger partial charge in [-0.05, 0) is 91.5 Å². The lowest BCUT2D eigenvalue weighted by atomic mass is 9.97. The van der Waals surface area contributed by atoms with Crippen molar-refractivity contribution in [2.75, 3.05) is 46.4 Å². The maximum absolute atomic E-state index is 5.47. The second-order valence-corrected chi connectivity index (χ2v) is 11.4. The van der Waals surface area contributed by atoms with Crippen molar-refractivity contribution in [2.45, 2.75) is 38.9 Å². The number of H-pyrrole nitrogens is 1. The zero-order valence-corrected chi connectivity index (χ0v) is 23.8. The number of benzene rings is 3. The number of fused-ring (bicyclic) bond motifs is 1. The van der Waals surface area contributed by atoms with Gasteiger partial charge in [0.2, 0.25) is 0 Å². The standard InChI is InChI=1S/C34H41N5O/c1-25-21-28(8-9-30(25)24-38(2)31-13-15-35-16-14-31)29-10-12-34-32(22-29)33(36-37-34)11-7-26-3-5-27(6-4-26)23-39-17-19-40-20-18-39/h3-12,21-22,31,35H,13-20,23-24H2,1-2H3,(H,36,37)/b11-7+. The molecule has 0 atom stereocenters. The summed E-state index contributed by atoms with van der Waals surface area (Å²) in [5.74, 6) is 0. The fourth-order valence-corrected chi connectivity index (χ4v) is 5.97. The van der Waals surface area contributed by atoms with Gasteiger partial charge in [-0.1, -0.05) is 54.6 Å². The molecule has 2 saturated heterocycles. The Labute approximate surface area is 238 Å². The maximum atomic E-state index is 5.47. The highest BCUT2D eigenvalue weighted by Crippen LogP contribution is 2.28. The van der Waals surface area contributed by atoms with E-state index in [2.05, 4.69) is 112 Å². The molecule has 6 nitrogen and oxygen atoms in total. The highest BCUT2D eigenvalue weighted by atomic mass is 16.5. The minimum atomic E-state index is 0.670. The molecule has 0 aliphatic carbocycles. The summed E-state index contributed by atoms with van der Waals surface area (Å²) >= 11 is 0. The number of aryl methyl sites for hydroxylation is 1. The number of nitrogens with one attached hydrogen (secondary N) is 2. The van der Waals surface area contributed by atoms with Crippen LogP contribution in [0.2, 0.25) is 0 Å². The Bertz CT molecular complexity index is 1450. The van der Waals surface area contributed by atoms with Crippen LogP contribution in [0.4, 0.5) is 0 Å². The molecule has 0 radical (unpaired) electrons. The molecular weight excluding hydrogens is 494 g/mol. The molecule has 2 aliphatic rings. The number of hydrogen-bond donors (Lipinski definition) is 2. The van der Waals surface area contributed by atoms with Crippen LogP contribution in [0.5, 0.6) is 0 Å². The van der Waals surface area contributed by atoms with Crippen molar-refractivity contribution in [2.24, 2.45) is 0 Å². The predicted octanol–water partition coefficient (Wildman–Crippen LogP) is 5.72. The van der Waals surface area contributed by atoms with Gasteiger partial charge in [-0.3, -0.25) is 14.9 Å². The Morgan fingerprint density at radius 2 is 1.70 bits per heavy atom. The largest absolute Gasteiger partial charge is 0.379 e. The van der Waals surface area contributed by atoms with E-state index in [-0.39, 0.29) is 0 Å². The minimum Gasteiger partial charge on any atom is -0.379 e. The molecule has 0 bridgehead atoms. The molecule has 0 saturated carbocycles. The number of piperidine rings is 1. The average molecular weight is 536 g/mol. The number of rotatable bonds is 8. The molecule has 2 N–H and O–H groups in total. The van der Waals surface area contributed by atoms with Crippen LogP contribution in [-0.2, 0) is 17.8 Å². The normalized spacial score (nSPS) is 17.4. The van der Waals surface area contributed by atoms with Crippen molar-refractivity contribution in [1.82, 2.24) is 25.3 Å². The molecular formula is C34H41N5O. The first kappa shape index (κ1) is 26.9. The summed E-state index contributed by atoms with van der Waals surface area (Å²) in [7, 11) is 2.27. The van der Waals surface area contributed by atoms with E-state index in [1.165, 1.54) is 46.2 Å². The van der Waals surface area contributed by atoms with E-state index < -0.39 is 0 Å². The SMILES string of the molecule is Cc1cc(-c2ccc3[nH]nc(/C=C/c4ccc(CN5CCOCC5)cc4)c3c2)ccc1CN(C)C1CCNCC1. The van der Waals surface area contributed by atoms with E-state index in [9.17, 15) is 0 Å². The Balaban J connectivity index is 1.15. The lowest BCUT2D eigenvalue weighted by molar-refractivity contribution is 0.0342. The smallest absolute Gasteiger partial charge is 0.0927 e. The molecule has 6 rings (SSSR count). The molecule has 3 heterocycles. The van der Waals surface area contributed by atoms with E-state index >= 15 is 0 Å². The van der Waals surface area contributed by atoms with Crippen LogP contribution in [0, 0.1) is 6.92 Å². The molecule has 2 aliphatic heterocycles. The van der Waals surface area contributed by atoms with Crippen molar-refractivity contribution in [1.29, 1.82) is 0 Å². The van der Waals surface area contributed by atoms with Gasteiger partial charge in [0.15, 0.2) is 0 Å². The minimum absolute atomic E-state index is 0.670. The quantitative estimate of drug-likeness (QED) is 0.302. The van der Waals surface area contributed by atoms with Crippen LogP contribution in [-0.4, -0.2) is 72.5 Å². The van der Waals surface area contributed by atoms with E-state index in [4.69, 9.17) is 4.74 Å².